The molecule has 3 heterocycles. The van der Waals surface area contributed by atoms with Crippen LogP contribution < -0.4 is 4.74 Å². The van der Waals surface area contributed by atoms with Crippen LogP contribution in [0.2, 0.25) is 0 Å². The number of benzene rings is 1. The van der Waals surface area contributed by atoms with Gasteiger partial charge >= 0.3 is 0 Å². The highest BCUT2D eigenvalue weighted by Gasteiger charge is 2.42. The number of methoxy groups -OCH3 is 1. The van der Waals surface area contributed by atoms with Crippen LogP contribution in [0.5, 0.6) is 5.75 Å². The summed E-state index contributed by atoms with van der Waals surface area (Å²) in [6.45, 7) is 2.79. The van der Waals surface area contributed by atoms with Crippen LogP contribution in [0.3, 0.4) is 0 Å². The van der Waals surface area contributed by atoms with Gasteiger partial charge in [-0.05, 0) is 37.5 Å². The van der Waals surface area contributed by atoms with Crippen molar-refractivity contribution in [3.8, 4) is 5.75 Å². The second-order valence-corrected chi connectivity index (χ2v) is 6.23. The monoisotopic (exact) mass is 312 g/mol. The first-order chi connectivity index (χ1) is 11.2. The first kappa shape index (κ1) is 14.2. The van der Waals surface area contributed by atoms with Crippen LogP contribution in [-0.2, 0) is 11.2 Å². The Balaban J connectivity index is 1.67. The van der Waals surface area contributed by atoms with Gasteiger partial charge < -0.3 is 14.2 Å². The molecule has 120 valence electrons. The lowest BCUT2D eigenvalue weighted by Crippen LogP contribution is -2.42. The van der Waals surface area contributed by atoms with Crippen LogP contribution in [0.1, 0.15) is 49.1 Å². The van der Waals surface area contributed by atoms with E-state index in [1.807, 2.05) is 40.7 Å². The number of amides is 1. The molecule has 0 bridgehead atoms. The van der Waals surface area contributed by atoms with Crippen molar-refractivity contribution in [2.45, 2.75) is 38.3 Å². The normalized spacial score (nSPS) is 22.9. The fraction of sp³-hybridized carbons (Fsp3) is 0.471. The molecule has 0 aliphatic carbocycles. The van der Waals surface area contributed by atoms with Gasteiger partial charge in [0.15, 0.2) is 5.82 Å². The van der Waals surface area contributed by atoms with Crippen molar-refractivity contribution in [1.29, 1.82) is 0 Å². The van der Waals surface area contributed by atoms with E-state index in [1.165, 1.54) is 0 Å². The molecule has 6 nitrogen and oxygen atoms in total. The number of rotatable bonds is 3. The Morgan fingerprint density at radius 3 is 2.78 bits per heavy atom. The third-order valence-corrected chi connectivity index (χ3v) is 4.89. The lowest BCUT2D eigenvalue weighted by Gasteiger charge is -2.34. The molecule has 23 heavy (non-hydrogen) atoms. The summed E-state index contributed by atoms with van der Waals surface area (Å²) in [5.74, 6) is 2.83. The number of carbonyl (C=O) groups is 1. The van der Waals surface area contributed by atoms with Crippen LogP contribution in [-0.4, -0.2) is 39.2 Å². The van der Waals surface area contributed by atoms with Gasteiger partial charge in [0.1, 0.15) is 17.6 Å². The second kappa shape index (κ2) is 5.37. The van der Waals surface area contributed by atoms with E-state index in [1.54, 1.807) is 7.11 Å². The quantitative estimate of drug-likeness (QED) is 0.871. The van der Waals surface area contributed by atoms with Crippen molar-refractivity contribution in [2.75, 3.05) is 13.7 Å². The van der Waals surface area contributed by atoms with Crippen molar-refractivity contribution in [1.82, 2.24) is 19.7 Å². The fourth-order valence-electron chi connectivity index (χ4n) is 3.68. The molecule has 1 fully saturated rings. The Bertz CT molecular complexity index is 738. The molecule has 2 aromatic rings. The average Bonchev–Trinajstić information content (AvgIpc) is 3.20. The maximum Gasteiger partial charge on any atom is 0.246 e. The number of hydrogen-bond donors (Lipinski definition) is 0. The third kappa shape index (κ3) is 2.20. The van der Waals surface area contributed by atoms with Gasteiger partial charge in [-0.2, -0.15) is 0 Å². The standard InChI is InChI=1S/C17H20N4O2/c1-11-17(22)20-9-3-4-14(20)16-19-18-15(21(11)16)10-12-5-7-13(23-2)8-6-12/h5-8,11,14H,3-4,9-10H2,1-2H3/t11-,14+/m0/s1. The number of hydrogen-bond acceptors (Lipinski definition) is 4. The SMILES string of the molecule is COc1ccc(Cc2nnc3n2[C@@H](C)C(=O)N2CCC[C@H]32)cc1. The maximum absolute atomic E-state index is 12.6. The summed E-state index contributed by atoms with van der Waals surface area (Å²) < 4.78 is 7.23. The molecule has 1 aromatic carbocycles. The predicted molar refractivity (Wildman–Crippen MR) is 84.2 cm³/mol. The van der Waals surface area contributed by atoms with E-state index in [0.717, 1.165) is 42.3 Å². The molecule has 1 aromatic heterocycles. The molecule has 0 unspecified atom stereocenters. The Hall–Kier alpha value is -2.37. The molecule has 0 radical (unpaired) electrons. The van der Waals surface area contributed by atoms with Crippen molar-refractivity contribution < 1.29 is 9.53 Å². The van der Waals surface area contributed by atoms with Crippen molar-refractivity contribution in [3.05, 3.63) is 41.5 Å². The molecule has 1 amide bonds. The number of fused-ring (bicyclic) bond motifs is 3. The third-order valence-electron chi connectivity index (χ3n) is 4.89. The van der Waals surface area contributed by atoms with Gasteiger partial charge in [0.25, 0.3) is 0 Å². The van der Waals surface area contributed by atoms with Gasteiger partial charge in [-0.25, -0.2) is 0 Å². The Morgan fingerprint density at radius 2 is 2.04 bits per heavy atom. The molecule has 0 N–H and O–H groups in total. The molecule has 0 spiro atoms. The molecule has 2 atom stereocenters. The fourth-order valence-corrected chi connectivity index (χ4v) is 3.68. The van der Waals surface area contributed by atoms with E-state index in [-0.39, 0.29) is 18.0 Å². The van der Waals surface area contributed by atoms with Crippen LogP contribution in [0, 0.1) is 0 Å². The van der Waals surface area contributed by atoms with Gasteiger partial charge in [-0.3, -0.25) is 4.79 Å². The molecule has 2 aliphatic rings. The average molecular weight is 312 g/mol. The van der Waals surface area contributed by atoms with E-state index >= 15 is 0 Å². The Morgan fingerprint density at radius 1 is 1.26 bits per heavy atom. The zero-order valence-electron chi connectivity index (χ0n) is 13.4. The summed E-state index contributed by atoms with van der Waals surface area (Å²) in [5.41, 5.74) is 1.13. The van der Waals surface area contributed by atoms with Gasteiger partial charge in [0.05, 0.1) is 13.2 Å². The Kier molecular flexibility index (Phi) is 3.32. The highest BCUT2D eigenvalue weighted by molar-refractivity contribution is 5.82. The smallest absolute Gasteiger partial charge is 0.246 e. The Labute approximate surface area is 135 Å². The van der Waals surface area contributed by atoms with Crippen molar-refractivity contribution in [3.63, 3.8) is 0 Å². The van der Waals surface area contributed by atoms with Crippen molar-refractivity contribution >= 4 is 5.91 Å². The molecule has 0 saturated carbocycles. The van der Waals surface area contributed by atoms with Gasteiger partial charge in [0.2, 0.25) is 5.91 Å². The van der Waals surface area contributed by atoms with E-state index in [2.05, 4.69) is 10.2 Å². The minimum absolute atomic E-state index is 0.107. The largest absolute Gasteiger partial charge is 0.497 e. The predicted octanol–water partition coefficient (Wildman–Crippen LogP) is 2.12. The molecule has 1 saturated heterocycles. The van der Waals surface area contributed by atoms with E-state index in [4.69, 9.17) is 4.74 Å². The molecule has 4 rings (SSSR count). The lowest BCUT2D eigenvalue weighted by molar-refractivity contribution is -0.137. The number of carbonyl (C=O) groups excluding carboxylic acids is 1. The number of ether oxygens (including phenoxy) is 1. The first-order valence-corrected chi connectivity index (χ1v) is 8.06. The maximum atomic E-state index is 12.6. The van der Waals surface area contributed by atoms with E-state index < -0.39 is 0 Å². The molecule has 6 heteroatoms. The number of aromatic nitrogens is 3. The van der Waals surface area contributed by atoms with E-state index in [0.29, 0.717) is 6.42 Å². The molecule has 2 aliphatic heterocycles. The van der Waals surface area contributed by atoms with Crippen molar-refractivity contribution in [2.24, 2.45) is 0 Å². The minimum atomic E-state index is -0.220. The highest BCUT2D eigenvalue weighted by Crippen LogP contribution is 2.38. The summed E-state index contributed by atoms with van der Waals surface area (Å²) in [5, 5.41) is 8.79. The summed E-state index contributed by atoms with van der Waals surface area (Å²) in [7, 11) is 1.66. The molecular formula is C17H20N4O2. The topological polar surface area (TPSA) is 60.3 Å². The number of nitrogens with zero attached hydrogens (tertiary/aromatic N) is 4. The van der Waals surface area contributed by atoms with Gasteiger partial charge in [0, 0.05) is 13.0 Å². The zero-order valence-corrected chi connectivity index (χ0v) is 13.4. The van der Waals surface area contributed by atoms with Gasteiger partial charge in [-0.1, -0.05) is 12.1 Å². The lowest BCUT2D eigenvalue weighted by atomic mass is 10.1. The zero-order chi connectivity index (χ0) is 16.0. The first-order valence-electron chi connectivity index (χ1n) is 8.06. The van der Waals surface area contributed by atoms with Gasteiger partial charge in [-0.15, -0.1) is 10.2 Å². The summed E-state index contributed by atoms with van der Waals surface area (Å²) >= 11 is 0. The van der Waals surface area contributed by atoms with Crippen LogP contribution >= 0.6 is 0 Å². The minimum Gasteiger partial charge on any atom is -0.497 e. The highest BCUT2D eigenvalue weighted by atomic mass is 16.5. The van der Waals surface area contributed by atoms with E-state index in [9.17, 15) is 4.79 Å². The van der Waals surface area contributed by atoms with Crippen LogP contribution in [0.15, 0.2) is 24.3 Å². The summed E-state index contributed by atoms with van der Waals surface area (Å²) in [6.07, 6.45) is 2.70. The molecular weight excluding hydrogens is 292 g/mol. The van der Waals surface area contributed by atoms with Crippen LogP contribution in [0.4, 0.5) is 0 Å². The summed E-state index contributed by atoms with van der Waals surface area (Å²) in [6, 6.07) is 7.82. The van der Waals surface area contributed by atoms with Crippen LogP contribution in [0.25, 0.3) is 0 Å². The second-order valence-electron chi connectivity index (χ2n) is 6.23. The summed E-state index contributed by atoms with van der Waals surface area (Å²) in [4.78, 5) is 14.6.